The lowest BCUT2D eigenvalue weighted by Gasteiger charge is -2.27. The summed E-state index contributed by atoms with van der Waals surface area (Å²) in [5.41, 5.74) is 0.658. The molecule has 0 bridgehead atoms. The van der Waals surface area contributed by atoms with Crippen LogP contribution in [0.2, 0.25) is 0 Å². The molecule has 0 saturated carbocycles. The van der Waals surface area contributed by atoms with Gasteiger partial charge in [-0.1, -0.05) is 0 Å². The number of hydrogen-bond acceptors (Lipinski definition) is 3. The first-order chi connectivity index (χ1) is 8.18. The number of benzene rings is 1. The van der Waals surface area contributed by atoms with Gasteiger partial charge in [-0.2, -0.15) is 0 Å². The van der Waals surface area contributed by atoms with E-state index in [9.17, 15) is 9.18 Å². The number of rotatable bonds is 2. The number of carbonyl (C=O) groups is 1. The Morgan fingerprint density at radius 3 is 2.76 bits per heavy atom. The van der Waals surface area contributed by atoms with Gasteiger partial charge in [0.15, 0.2) is 0 Å². The average molecular weight is 238 g/mol. The highest BCUT2D eigenvalue weighted by Gasteiger charge is 2.25. The largest absolute Gasteiger partial charge is 0.366 e. The number of hydrogen-bond donors (Lipinski definition) is 1. The van der Waals surface area contributed by atoms with Crippen molar-refractivity contribution in [1.82, 2.24) is 5.32 Å². The summed E-state index contributed by atoms with van der Waals surface area (Å²) in [4.78, 5) is 13.5. The first kappa shape index (κ1) is 12.0. The molecule has 0 radical (unpaired) electrons. The fourth-order valence-corrected chi connectivity index (χ4v) is 1.73. The van der Waals surface area contributed by atoms with E-state index in [-0.39, 0.29) is 11.7 Å². The van der Waals surface area contributed by atoms with Crippen LogP contribution in [0.3, 0.4) is 0 Å². The van der Waals surface area contributed by atoms with Gasteiger partial charge in [-0.3, -0.25) is 4.79 Å². The standard InChI is InChI=1S/C12H15FN2O2/c1-15(10-4-2-9(13)3-5-10)12(16)11-8-14-6-7-17-11/h2-5,11,14H,6-8H2,1H3. The average Bonchev–Trinajstić information content (AvgIpc) is 2.39. The van der Waals surface area contributed by atoms with Gasteiger partial charge in [0.05, 0.1) is 6.61 Å². The maximum absolute atomic E-state index is 12.8. The number of carbonyl (C=O) groups excluding carboxylic acids is 1. The van der Waals surface area contributed by atoms with Crippen molar-refractivity contribution in [2.45, 2.75) is 6.10 Å². The van der Waals surface area contributed by atoms with E-state index < -0.39 is 6.10 Å². The summed E-state index contributed by atoms with van der Waals surface area (Å²) in [7, 11) is 1.66. The predicted octanol–water partition coefficient (Wildman–Crippen LogP) is 0.777. The molecule has 1 amide bonds. The number of likely N-dealkylation sites (N-methyl/N-ethyl adjacent to an activating group) is 1. The molecule has 1 aromatic carbocycles. The topological polar surface area (TPSA) is 41.6 Å². The van der Waals surface area contributed by atoms with Gasteiger partial charge in [0, 0.05) is 25.8 Å². The van der Waals surface area contributed by atoms with Crippen molar-refractivity contribution in [3.05, 3.63) is 30.1 Å². The molecule has 1 atom stereocenters. The lowest BCUT2D eigenvalue weighted by Crippen LogP contribution is -2.48. The van der Waals surface area contributed by atoms with Gasteiger partial charge >= 0.3 is 0 Å². The maximum Gasteiger partial charge on any atom is 0.257 e. The fraction of sp³-hybridized carbons (Fsp3) is 0.417. The Balaban J connectivity index is 2.05. The number of nitrogens with zero attached hydrogens (tertiary/aromatic N) is 1. The van der Waals surface area contributed by atoms with Gasteiger partial charge in [-0.05, 0) is 24.3 Å². The SMILES string of the molecule is CN(C(=O)C1CNCCO1)c1ccc(F)cc1. The van der Waals surface area contributed by atoms with Gasteiger partial charge in [0.25, 0.3) is 5.91 Å². The molecule has 1 N–H and O–H groups in total. The molecule has 1 heterocycles. The quantitative estimate of drug-likeness (QED) is 0.827. The fourth-order valence-electron chi connectivity index (χ4n) is 1.73. The van der Waals surface area contributed by atoms with Crippen LogP contribution in [0.15, 0.2) is 24.3 Å². The van der Waals surface area contributed by atoms with Crippen molar-refractivity contribution < 1.29 is 13.9 Å². The lowest BCUT2D eigenvalue weighted by molar-refractivity contribution is -0.131. The van der Waals surface area contributed by atoms with E-state index in [1.54, 1.807) is 19.2 Å². The molecule has 17 heavy (non-hydrogen) atoms. The van der Waals surface area contributed by atoms with Gasteiger partial charge in [0.1, 0.15) is 11.9 Å². The minimum Gasteiger partial charge on any atom is -0.366 e. The van der Waals surface area contributed by atoms with E-state index >= 15 is 0 Å². The van der Waals surface area contributed by atoms with E-state index in [2.05, 4.69) is 5.32 Å². The van der Waals surface area contributed by atoms with Crippen molar-refractivity contribution in [2.24, 2.45) is 0 Å². The second kappa shape index (κ2) is 5.25. The molecule has 0 aliphatic carbocycles. The molecule has 5 heteroatoms. The van der Waals surface area contributed by atoms with Crippen LogP contribution in [-0.4, -0.2) is 38.8 Å². The number of halogens is 1. The highest BCUT2D eigenvalue weighted by atomic mass is 19.1. The van der Waals surface area contributed by atoms with Crippen molar-refractivity contribution in [3.8, 4) is 0 Å². The second-order valence-electron chi connectivity index (χ2n) is 3.94. The van der Waals surface area contributed by atoms with Crippen molar-refractivity contribution in [3.63, 3.8) is 0 Å². The lowest BCUT2D eigenvalue weighted by atomic mass is 10.2. The summed E-state index contributed by atoms with van der Waals surface area (Å²) in [6.07, 6.45) is -0.459. The van der Waals surface area contributed by atoms with Crippen LogP contribution >= 0.6 is 0 Å². The number of ether oxygens (including phenoxy) is 1. The molecule has 4 nitrogen and oxygen atoms in total. The summed E-state index contributed by atoms with van der Waals surface area (Å²) in [6, 6.07) is 5.81. The molecule has 1 aromatic rings. The molecule has 1 aliphatic rings. The van der Waals surface area contributed by atoms with Crippen LogP contribution in [0.25, 0.3) is 0 Å². The van der Waals surface area contributed by atoms with Gasteiger partial charge in [0.2, 0.25) is 0 Å². The zero-order valence-corrected chi connectivity index (χ0v) is 9.65. The summed E-state index contributed by atoms with van der Waals surface area (Å²) >= 11 is 0. The Morgan fingerprint density at radius 1 is 1.47 bits per heavy atom. The third-order valence-electron chi connectivity index (χ3n) is 2.75. The number of morpholine rings is 1. The van der Waals surface area contributed by atoms with Crippen molar-refractivity contribution >= 4 is 11.6 Å². The number of anilines is 1. The molecule has 1 aliphatic heterocycles. The van der Waals surface area contributed by atoms with Crippen LogP contribution in [-0.2, 0) is 9.53 Å². The zero-order valence-electron chi connectivity index (χ0n) is 9.65. The Kier molecular flexibility index (Phi) is 3.71. The maximum atomic E-state index is 12.8. The van der Waals surface area contributed by atoms with Crippen LogP contribution < -0.4 is 10.2 Å². The highest BCUT2D eigenvalue weighted by molar-refractivity contribution is 5.96. The third-order valence-corrected chi connectivity index (χ3v) is 2.75. The summed E-state index contributed by atoms with van der Waals surface area (Å²) < 4.78 is 18.1. The molecule has 0 spiro atoms. The monoisotopic (exact) mass is 238 g/mol. The molecule has 0 aromatic heterocycles. The predicted molar refractivity (Wildman–Crippen MR) is 62.4 cm³/mol. The molecule has 92 valence electrons. The Labute approximate surface area is 99.4 Å². The molecule has 1 fully saturated rings. The van der Waals surface area contributed by atoms with Crippen LogP contribution in [0.1, 0.15) is 0 Å². The Hall–Kier alpha value is -1.46. The summed E-state index contributed by atoms with van der Waals surface area (Å²) in [6.45, 7) is 1.82. The molecule has 2 rings (SSSR count). The molecular formula is C12H15FN2O2. The summed E-state index contributed by atoms with van der Waals surface area (Å²) in [5.74, 6) is -0.436. The van der Waals surface area contributed by atoms with Crippen LogP contribution in [0.5, 0.6) is 0 Å². The van der Waals surface area contributed by atoms with Gasteiger partial charge < -0.3 is 15.0 Å². The van der Waals surface area contributed by atoms with Gasteiger partial charge in [-0.15, -0.1) is 0 Å². The van der Waals surface area contributed by atoms with E-state index in [0.29, 0.717) is 18.8 Å². The van der Waals surface area contributed by atoms with E-state index in [0.717, 1.165) is 6.54 Å². The van der Waals surface area contributed by atoms with E-state index in [1.807, 2.05) is 0 Å². The van der Waals surface area contributed by atoms with Crippen LogP contribution in [0, 0.1) is 5.82 Å². The van der Waals surface area contributed by atoms with Crippen LogP contribution in [0.4, 0.5) is 10.1 Å². The number of amides is 1. The summed E-state index contributed by atoms with van der Waals surface area (Å²) in [5, 5.41) is 3.10. The minimum atomic E-state index is -0.459. The smallest absolute Gasteiger partial charge is 0.257 e. The van der Waals surface area contributed by atoms with E-state index in [1.165, 1.54) is 17.0 Å². The van der Waals surface area contributed by atoms with E-state index in [4.69, 9.17) is 4.74 Å². The van der Waals surface area contributed by atoms with Crippen molar-refractivity contribution in [2.75, 3.05) is 31.6 Å². The van der Waals surface area contributed by atoms with Crippen molar-refractivity contribution in [1.29, 1.82) is 0 Å². The normalized spacial score (nSPS) is 20.0. The first-order valence-electron chi connectivity index (χ1n) is 5.54. The molecule has 1 unspecified atom stereocenters. The number of nitrogens with one attached hydrogen (secondary N) is 1. The third kappa shape index (κ3) is 2.81. The van der Waals surface area contributed by atoms with Gasteiger partial charge in [-0.25, -0.2) is 4.39 Å². The highest BCUT2D eigenvalue weighted by Crippen LogP contribution is 2.15. The molecule has 1 saturated heterocycles. The Bertz CT molecular complexity index is 388. The Morgan fingerprint density at radius 2 is 2.18 bits per heavy atom. The minimum absolute atomic E-state index is 0.121. The zero-order chi connectivity index (χ0) is 12.3. The first-order valence-corrected chi connectivity index (χ1v) is 5.54. The second-order valence-corrected chi connectivity index (χ2v) is 3.94. The molecular weight excluding hydrogens is 223 g/mol.